The average Bonchev–Trinajstić information content (AvgIpc) is 2.84. The van der Waals surface area contributed by atoms with E-state index >= 15 is 0 Å². The van der Waals surface area contributed by atoms with Crippen molar-refractivity contribution in [2.24, 2.45) is 0 Å². The lowest BCUT2D eigenvalue weighted by molar-refractivity contribution is 0.101. The van der Waals surface area contributed by atoms with E-state index in [-0.39, 0.29) is 11.3 Å². The van der Waals surface area contributed by atoms with Gasteiger partial charge in [-0.3, -0.25) is 0 Å². The molecule has 7 heteroatoms. The highest BCUT2D eigenvalue weighted by atomic mass is 32.2. The Hall–Kier alpha value is -0.920. The van der Waals surface area contributed by atoms with Crippen LogP contribution in [0, 0.1) is 6.92 Å². The van der Waals surface area contributed by atoms with Gasteiger partial charge in [-0.05, 0) is 19.8 Å². The lowest BCUT2D eigenvalue weighted by Gasteiger charge is -2.48. The van der Waals surface area contributed by atoms with Crippen LogP contribution in [0.4, 0.5) is 0 Å². The first kappa shape index (κ1) is 15.0. The first-order valence-electron chi connectivity index (χ1n) is 7.65. The summed E-state index contributed by atoms with van der Waals surface area (Å²) in [4.78, 5) is 0. The number of hydrogen-bond donors (Lipinski definition) is 1. The summed E-state index contributed by atoms with van der Waals surface area (Å²) in [7, 11) is -3.36. The molecule has 1 N–H and O–H groups in total. The topological polar surface area (TPSA) is 75.4 Å². The molecule has 0 amide bonds. The zero-order chi connectivity index (χ0) is 14.9. The largest absolute Gasteiger partial charge is 0.361 e. The minimum absolute atomic E-state index is 0.0634. The third-order valence-electron chi connectivity index (χ3n) is 4.60. The fraction of sp³-hybridized carbons (Fsp3) is 0.786. The molecule has 1 saturated heterocycles. The van der Waals surface area contributed by atoms with E-state index in [2.05, 4.69) is 10.5 Å². The molecule has 2 fully saturated rings. The van der Waals surface area contributed by atoms with Gasteiger partial charge in [0.2, 0.25) is 10.0 Å². The van der Waals surface area contributed by atoms with Crippen LogP contribution >= 0.6 is 0 Å². The summed E-state index contributed by atoms with van der Waals surface area (Å²) in [6, 6.07) is 1.70. The molecular formula is C14H23N3O3S. The molecule has 1 aromatic rings. The summed E-state index contributed by atoms with van der Waals surface area (Å²) in [5.41, 5.74) is 0.269. The monoisotopic (exact) mass is 313 g/mol. The van der Waals surface area contributed by atoms with Gasteiger partial charge in [-0.15, -0.1) is 0 Å². The number of piperazine rings is 1. The van der Waals surface area contributed by atoms with E-state index in [0.29, 0.717) is 18.0 Å². The molecule has 0 radical (unpaired) electrons. The Kier molecular flexibility index (Phi) is 4.07. The number of aromatic nitrogens is 1. The van der Waals surface area contributed by atoms with Crippen LogP contribution in [0.25, 0.3) is 0 Å². The van der Waals surface area contributed by atoms with Crippen LogP contribution < -0.4 is 5.32 Å². The van der Waals surface area contributed by atoms with E-state index in [1.807, 2.05) is 0 Å². The summed E-state index contributed by atoms with van der Waals surface area (Å²) in [6.07, 6.45) is 5.33. The minimum Gasteiger partial charge on any atom is -0.361 e. The Balaban J connectivity index is 1.84. The Labute approximate surface area is 125 Å². The predicted octanol–water partition coefficient (Wildman–Crippen LogP) is 1.42. The lowest BCUT2D eigenvalue weighted by Crippen LogP contribution is -2.63. The molecule has 0 unspecified atom stereocenters. The van der Waals surface area contributed by atoms with Crippen LogP contribution in [0.1, 0.15) is 43.6 Å². The lowest BCUT2D eigenvalue weighted by atomic mass is 9.80. The highest BCUT2D eigenvalue weighted by molar-refractivity contribution is 7.88. The van der Waals surface area contributed by atoms with E-state index in [0.717, 1.165) is 38.8 Å². The number of hydrogen-bond acceptors (Lipinski definition) is 5. The van der Waals surface area contributed by atoms with Crippen LogP contribution in [0.3, 0.4) is 0 Å². The van der Waals surface area contributed by atoms with Crippen molar-refractivity contribution < 1.29 is 12.9 Å². The van der Waals surface area contributed by atoms with Gasteiger partial charge in [0.15, 0.2) is 0 Å². The van der Waals surface area contributed by atoms with Crippen molar-refractivity contribution in [3.8, 4) is 0 Å². The molecule has 21 heavy (non-hydrogen) atoms. The highest BCUT2D eigenvalue weighted by Gasteiger charge is 2.45. The molecule has 2 heterocycles. The van der Waals surface area contributed by atoms with Crippen molar-refractivity contribution in [1.29, 1.82) is 0 Å². The fourth-order valence-electron chi connectivity index (χ4n) is 3.65. The first-order chi connectivity index (χ1) is 10.0. The zero-order valence-electron chi connectivity index (χ0n) is 12.5. The number of nitrogens with one attached hydrogen (secondary N) is 1. The van der Waals surface area contributed by atoms with Gasteiger partial charge in [0.1, 0.15) is 17.2 Å². The van der Waals surface area contributed by atoms with E-state index in [9.17, 15) is 8.42 Å². The SMILES string of the molecule is Cc1cc(CS(=O)(=O)N2CCNCC23CCCCC3)no1. The van der Waals surface area contributed by atoms with Crippen molar-refractivity contribution in [3.63, 3.8) is 0 Å². The molecule has 1 aliphatic carbocycles. The number of rotatable bonds is 3. The molecule has 118 valence electrons. The Morgan fingerprint density at radius 3 is 2.81 bits per heavy atom. The van der Waals surface area contributed by atoms with Gasteiger partial charge in [-0.2, -0.15) is 4.31 Å². The summed E-state index contributed by atoms with van der Waals surface area (Å²) in [5.74, 6) is 0.583. The minimum atomic E-state index is -3.36. The maximum atomic E-state index is 12.9. The van der Waals surface area contributed by atoms with Gasteiger partial charge in [-0.1, -0.05) is 24.4 Å². The van der Waals surface area contributed by atoms with Crippen molar-refractivity contribution in [2.45, 2.75) is 50.3 Å². The number of aryl methyl sites for hydroxylation is 1. The normalized spacial score (nSPS) is 23.5. The van der Waals surface area contributed by atoms with E-state index in [1.54, 1.807) is 17.3 Å². The van der Waals surface area contributed by atoms with Crippen molar-refractivity contribution in [3.05, 3.63) is 17.5 Å². The molecule has 0 aromatic carbocycles. The maximum absolute atomic E-state index is 12.9. The summed E-state index contributed by atoms with van der Waals surface area (Å²) in [5, 5.41) is 7.21. The second kappa shape index (κ2) is 5.70. The van der Waals surface area contributed by atoms with Gasteiger partial charge in [0.05, 0.1) is 0 Å². The third-order valence-corrected chi connectivity index (χ3v) is 6.50. The number of nitrogens with zero attached hydrogens (tertiary/aromatic N) is 2. The standard InChI is InChI=1S/C14H23N3O3S/c1-12-9-13(16-20-12)10-21(18,19)17-8-7-15-11-14(17)5-3-2-4-6-14/h9,15H,2-8,10-11H2,1H3. The Bertz CT molecular complexity index is 582. The fourth-order valence-corrected chi connectivity index (χ4v) is 5.52. The van der Waals surface area contributed by atoms with Crippen LogP contribution in [0.15, 0.2) is 10.6 Å². The molecule has 1 aliphatic heterocycles. The third kappa shape index (κ3) is 3.00. The van der Waals surface area contributed by atoms with E-state index in [4.69, 9.17) is 4.52 Å². The van der Waals surface area contributed by atoms with Gasteiger partial charge in [0.25, 0.3) is 0 Å². The van der Waals surface area contributed by atoms with E-state index in [1.165, 1.54) is 6.42 Å². The Morgan fingerprint density at radius 1 is 1.38 bits per heavy atom. The smallest absolute Gasteiger partial charge is 0.220 e. The predicted molar refractivity (Wildman–Crippen MR) is 79.3 cm³/mol. The molecule has 1 aromatic heterocycles. The van der Waals surface area contributed by atoms with Crippen LogP contribution in [0.5, 0.6) is 0 Å². The van der Waals surface area contributed by atoms with Crippen molar-refractivity contribution in [1.82, 2.24) is 14.8 Å². The van der Waals surface area contributed by atoms with Crippen LogP contribution in [-0.4, -0.2) is 43.1 Å². The molecule has 6 nitrogen and oxygen atoms in total. The molecular weight excluding hydrogens is 290 g/mol. The molecule has 1 spiro atoms. The van der Waals surface area contributed by atoms with Gasteiger partial charge < -0.3 is 9.84 Å². The van der Waals surface area contributed by atoms with Gasteiger partial charge >= 0.3 is 0 Å². The van der Waals surface area contributed by atoms with Gasteiger partial charge in [-0.25, -0.2) is 8.42 Å². The quantitative estimate of drug-likeness (QED) is 0.913. The maximum Gasteiger partial charge on any atom is 0.220 e. The second-order valence-corrected chi connectivity index (χ2v) is 8.11. The van der Waals surface area contributed by atoms with Crippen molar-refractivity contribution >= 4 is 10.0 Å². The van der Waals surface area contributed by atoms with Gasteiger partial charge in [0, 0.05) is 31.2 Å². The molecule has 2 aliphatic rings. The number of sulfonamides is 1. The summed E-state index contributed by atoms with van der Waals surface area (Å²) < 4.78 is 32.4. The summed E-state index contributed by atoms with van der Waals surface area (Å²) >= 11 is 0. The second-order valence-electron chi connectivity index (χ2n) is 6.22. The summed E-state index contributed by atoms with van der Waals surface area (Å²) in [6.45, 7) is 3.82. The van der Waals surface area contributed by atoms with E-state index < -0.39 is 10.0 Å². The Morgan fingerprint density at radius 2 is 2.14 bits per heavy atom. The first-order valence-corrected chi connectivity index (χ1v) is 9.26. The average molecular weight is 313 g/mol. The zero-order valence-corrected chi connectivity index (χ0v) is 13.3. The molecule has 0 bridgehead atoms. The molecule has 3 rings (SSSR count). The van der Waals surface area contributed by atoms with Crippen LogP contribution in [0.2, 0.25) is 0 Å². The van der Waals surface area contributed by atoms with Crippen molar-refractivity contribution in [2.75, 3.05) is 19.6 Å². The van der Waals surface area contributed by atoms with Crippen LogP contribution in [-0.2, 0) is 15.8 Å². The molecule has 1 saturated carbocycles. The molecule has 0 atom stereocenters. The highest BCUT2D eigenvalue weighted by Crippen LogP contribution is 2.37.